The quantitative estimate of drug-likeness (QED) is 0.697. The molecule has 1 saturated carbocycles. The van der Waals surface area contributed by atoms with Crippen molar-refractivity contribution >= 4 is 21.7 Å². The predicted molar refractivity (Wildman–Crippen MR) is 67.7 cm³/mol. The van der Waals surface area contributed by atoms with Crippen molar-refractivity contribution in [2.24, 2.45) is 5.41 Å². The second-order valence-electron chi connectivity index (χ2n) is 5.29. The average Bonchev–Trinajstić information content (AvgIpc) is 2.68. The van der Waals surface area contributed by atoms with Crippen LogP contribution >= 0.6 is 15.9 Å². The molecule has 0 aromatic heterocycles. The van der Waals surface area contributed by atoms with E-state index in [0.29, 0.717) is 11.2 Å². The molecule has 0 N–H and O–H groups in total. The molecule has 1 fully saturated rings. The predicted octanol–water partition coefficient (Wildman–Crippen LogP) is 4.14. The molecule has 1 spiro atoms. The van der Waals surface area contributed by atoms with Crippen LogP contribution in [0.25, 0.3) is 0 Å². The van der Waals surface area contributed by atoms with Crippen molar-refractivity contribution in [3.63, 3.8) is 0 Å². The van der Waals surface area contributed by atoms with Crippen LogP contribution in [-0.2, 0) is 6.42 Å². The molecule has 1 aromatic carbocycles. The number of rotatable bonds is 0. The van der Waals surface area contributed by atoms with Gasteiger partial charge in [0.25, 0.3) is 0 Å². The minimum Gasteiger partial charge on any atom is -0.294 e. The molecule has 2 heteroatoms. The van der Waals surface area contributed by atoms with Gasteiger partial charge in [-0.15, -0.1) is 0 Å². The van der Waals surface area contributed by atoms with Crippen molar-refractivity contribution in [3.8, 4) is 0 Å². The van der Waals surface area contributed by atoms with Gasteiger partial charge in [0.2, 0.25) is 0 Å². The molecule has 0 aliphatic heterocycles. The normalized spacial score (nSPS) is 22.4. The van der Waals surface area contributed by atoms with Crippen LogP contribution in [0.3, 0.4) is 0 Å². The second kappa shape index (κ2) is 3.69. The summed E-state index contributed by atoms with van der Waals surface area (Å²) >= 11 is 3.44. The van der Waals surface area contributed by atoms with Gasteiger partial charge in [-0.2, -0.15) is 0 Å². The zero-order valence-corrected chi connectivity index (χ0v) is 10.8. The van der Waals surface area contributed by atoms with Gasteiger partial charge in [0.1, 0.15) is 0 Å². The summed E-state index contributed by atoms with van der Waals surface area (Å²) in [4.78, 5) is 12.2. The molecule has 0 radical (unpaired) electrons. The number of halogens is 1. The van der Waals surface area contributed by atoms with E-state index in [-0.39, 0.29) is 0 Å². The molecule has 0 saturated heterocycles. The van der Waals surface area contributed by atoms with E-state index in [1.807, 2.05) is 6.07 Å². The van der Waals surface area contributed by atoms with Crippen LogP contribution in [0.2, 0.25) is 0 Å². The monoisotopic (exact) mass is 278 g/mol. The second-order valence-corrected chi connectivity index (χ2v) is 6.20. The van der Waals surface area contributed by atoms with E-state index in [0.717, 1.165) is 22.9 Å². The number of ketones is 1. The third kappa shape index (κ3) is 1.64. The minimum atomic E-state index is 0.317. The third-order valence-corrected chi connectivity index (χ3v) is 4.63. The Balaban J connectivity index is 2.02. The first kappa shape index (κ1) is 10.5. The molecule has 0 unspecified atom stereocenters. The van der Waals surface area contributed by atoms with Gasteiger partial charge >= 0.3 is 0 Å². The van der Waals surface area contributed by atoms with Gasteiger partial charge in [-0.3, -0.25) is 4.79 Å². The Bertz CT molecular complexity index is 444. The molecule has 0 amide bonds. The fourth-order valence-electron chi connectivity index (χ4n) is 3.34. The van der Waals surface area contributed by atoms with E-state index in [4.69, 9.17) is 0 Å². The summed E-state index contributed by atoms with van der Waals surface area (Å²) in [6.07, 6.45) is 6.98. The molecule has 1 nitrogen and oxygen atoms in total. The summed E-state index contributed by atoms with van der Waals surface area (Å²) in [5.41, 5.74) is 2.53. The largest absolute Gasteiger partial charge is 0.294 e. The van der Waals surface area contributed by atoms with Crippen LogP contribution < -0.4 is 0 Å². The van der Waals surface area contributed by atoms with Crippen LogP contribution in [-0.4, -0.2) is 5.78 Å². The number of hydrogen-bond acceptors (Lipinski definition) is 1. The topological polar surface area (TPSA) is 17.1 Å². The minimum absolute atomic E-state index is 0.317. The smallest absolute Gasteiger partial charge is 0.163 e. The third-order valence-electron chi connectivity index (χ3n) is 4.14. The number of hydrogen-bond donors (Lipinski definition) is 0. The molecule has 0 bridgehead atoms. The lowest BCUT2D eigenvalue weighted by Crippen LogP contribution is -2.29. The zero-order chi connectivity index (χ0) is 11.2. The van der Waals surface area contributed by atoms with E-state index in [2.05, 4.69) is 28.1 Å². The van der Waals surface area contributed by atoms with E-state index >= 15 is 0 Å². The van der Waals surface area contributed by atoms with Crippen molar-refractivity contribution < 1.29 is 4.79 Å². The molecule has 16 heavy (non-hydrogen) atoms. The lowest BCUT2D eigenvalue weighted by Gasteiger charge is -2.33. The summed E-state index contributed by atoms with van der Waals surface area (Å²) in [5.74, 6) is 0.351. The summed E-state index contributed by atoms with van der Waals surface area (Å²) < 4.78 is 1.02. The van der Waals surface area contributed by atoms with Gasteiger partial charge in [-0.1, -0.05) is 34.8 Å². The van der Waals surface area contributed by atoms with Gasteiger partial charge in [0.15, 0.2) is 5.78 Å². The lowest BCUT2D eigenvalue weighted by molar-refractivity contribution is 0.0888. The van der Waals surface area contributed by atoms with E-state index < -0.39 is 0 Å². The Kier molecular flexibility index (Phi) is 2.43. The first-order valence-electron chi connectivity index (χ1n) is 6.00. The Hall–Kier alpha value is -0.630. The molecule has 84 valence electrons. The van der Waals surface area contributed by atoms with E-state index in [1.165, 1.54) is 31.2 Å². The highest BCUT2D eigenvalue weighted by Crippen LogP contribution is 2.47. The SMILES string of the molecule is O=C1CC2(CCCC2)Cc2ccc(Br)cc21. The van der Waals surface area contributed by atoms with Crippen molar-refractivity contribution in [2.75, 3.05) is 0 Å². The Morgan fingerprint density at radius 3 is 2.62 bits per heavy atom. The highest BCUT2D eigenvalue weighted by Gasteiger charge is 2.40. The summed E-state index contributed by atoms with van der Waals surface area (Å²) in [7, 11) is 0. The van der Waals surface area contributed by atoms with Crippen LogP contribution in [0.15, 0.2) is 22.7 Å². The maximum atomic E-state index is 12.2. The van der Waals surface area contributed by atoms with Gasteiger partial charge in [-0.25, -0.2) is 0 Å². The summed E-state index contributed by atoms with van der Waals surface area (Å²) in [6, 6.07) is 6.16. The van der Waals surface area contributed by atoms with Crippen LogP contribution in [0.4, 0.5) is 0 Å². The first-order chi connectivity index (χ1) is 7.69. The maximum absolute atomic E-state index is 12.2. The van der Waals surface area contributed by atoms with Crippen LogP contribution in [0, 0.1) is 5.41 Å². The van der Waals surface area contributed by atoms with Gasteiger partial charge in [0.05, 0.1) is 0 Å². The fourth-order valence-corrected chi connectivity index (χ4v) is 3.70. The fraction of sp³-hybridized carbons (Fsp3) is 0.500. The molecular weight excluding hydrogens is 264 g/mol. The molecule has 3 rings (SSSR count). The number of carbonyl (C=O) groups excluding carboxylic acids is 1. The number of benzene rings is 1. The first-order valence-corrected chi connectivity index (χ1v) is 6.80. The Morgan fingerprint density at radius 2 is 1.88 bits per heavy atom. The molecule has 2 aliphatic rings. The molecule has 1 aromatic rings. The Morgan fingerprint density at radius 1 is 1.12 bits per heavy atom. The zero-order valence-electron chi connectivity index (χ0n) is 9.26. The van der Waals surface area contributed by atoms with Gasteiger partial charge in [0, 0.05) is 16.5 Å². The van der Waals surface area contributed by atoms with Crippen molar-refractivity contribution in [2.45, 2.75) is 38.5 Å². The van der Waals surface area contributed by atoms with Crippen molar-refractivity contribution in [1.29, 1.82) is 0 Å². The number of carbonyl (C=O) groups is 1. The van der Waals surface area contributed by atoms with Crippen LogP contribution in [0.1, 0.15) is 48.0 Å². The number of fused-ring (bicyclic) bond motifs is 1. The average molecular weight is 279 g/mol. The van der Waals surface area contributed by atoms with E-state index in [1.54, 1.807) is 0 Å². The maximum Gasteiger partial charge on any atom is 0.163 e. The van der Waals surface area contributed by atoms with Crippen LogP contribution in [0.5, 0.6) is 0 Å². The van der Waals surface area contributed by atoms with E-state index in [9.17, 15) is 4.79 Å². The molecular formula is C14H15BrO. The van der Waals surface area contributed by atoms with Crippen molar-refractivity contribution in [1.82, 2.24) is 0 Å². The van der Waals surface area contributed by atoms with Crippen molar-refractivity contribution in [3.05, 3.63) is 33.8 Å². The summed E-state index contributed by atoms with van der Waals surface area (Å²) in [6.45, 7) is 0. The Labute approximate surface area is 104 Å². The highest BCUT2D eigenvalue weighted by molar-refractivity contribution is 9.10. The highest BCUT2D eigenvalue weighted by atomic mass is 79.9. The number of Topliss-reactive ketones (excluding diaryl/α,β-unsaturated/α-hetero) is 1. The summed E-state index contributed by atoms with van der Waals surface area (Å²) in [5, 5.41) is 0. The molecule has 0 heterocycles. The van der Waals surface area contributed by atoms with Gasteiger partial charge < -0.3 is 0 Å². The molecule has 2 aliphatic carbocycles. The molecule has 0 atom stereocenters. The standard InChI is InChI=1S/C14H15BrO/c15-11-4-3-10-8-14(5-1-2-6-14)9-13(16)12(10)7-11/h3-4,7H,1-2,5-6,8-9H2. The van der Waals surface area contributed by atoms with Gasteiger partial charge in [-0.05, 0) is 42.4 Å². The lowest BCUT2D eigenvalue weighted by atomic mass is 9.70.